The van der Waals surface area contributed by atoms with Crippen LogP contribution in [0.15, 0.2) is 48.5 Å². The number of hydrogen-bond donors (Lipinski definition) is 2. The molecular weight excluding hydrogens is 453 g/mol. The lowest BCUT2D eigenvalue weighted by molar-refractivity contribution is -0.141. The molecule has 1 saturated carbocycles. The third-order valence-electron chi connectivity index (χ3n) is 6.37. The predicted octanol–water partition coefficient (Wildman–Crippen LogP) is 4.46. The van der Waals surface area contributed by atoms with E-state index in [9.17, 15) is 19.1 Å². The van der Waals surface area contributed by atoms with Gasteiger partial charge in [0.1, 0.15) is 34.7 Å². The van der Waals surface area contributed by atoms with E-state index >= 15 is 0 Å². The highest BCUT2D eigenvalue weighted by atomic mass is 19.1. The Morgan fingerprint density at radius 1 is 1.06 bits per heavy atom. The van der Waals surface area contributed by atoms with Gasteiger partial charge >= 0.3 is 5.97 Å². The van der Waals surface area contributed by atoms with E-state index in [1.807, 2.05) is 0 Å². The molecule has 0 unspecified atom stereocenters. The fraction of sp³-hybridized carbons (Fsp3) is 0.346. The van der Waals surface area contributed by atoms with E-state index < -0.39 is 23.7 Å². The van der Waals surface area contributed by atoms with Gasteiger partial charge in [-0.2, -0.15) is 5.10 Å². The van der Waals surface area contributed by atoms with Gasteiger partial charge in [0.05, 0.1) is 25.5 Å². The first-order valence-corrected chi connectivity index (χ1v) is 11.5. The second kappa shape index (κ2) is 10.6. The van der Waals surface area contributed by atoms with Gasteiger partial charge in [-0.25, -0.2) is 13.9 Å². The highest BCUT2D eigenvalue weighted by Crippen LogP contribution is 2.38. The van der Waals surface area contributed by atoms with E-state index in [0.29, 0.717) is 28.4 Å². The number of amides is 1. The minimum atomic E-state index is -1.07. The van der Waals surface area contributed by atoms with Crippen molar-refractivity contribution >= 4 is 11.9 Å². The molecule has 1 heterocycles. The second-order valence-electron chi connectivity index (χ2n) is 8.53. The molecule has 35 heavy (non-hydrogen) atoms. The molecular formula is C26H28FN3O5. The van der Waals surface area contributed by atoms with E-state index in [1.54, 1.807) is 24.3 Å². The SMILES string of the molecule is COc1cccc(OC)c1-c1cc(C(=O)N[C@H](C(=O)O)C2CCCCC2)n(-c2ccc(F)cc2)n1. The molecule has 1 atom stereocenters. The van der Waals surface area contributed by atoms with Gasteiger partial charge in [-0.1, -0.05) is 25.3 Å². The van der Waals surface area contributed by atoms with Crippen LogP contribution in [0.25, 0.3) is 16.9 Å². The number of carboxylic acids is 1. The van der Waals surface area contributed by atoms with Crippen molar-refractivity contribution in [1.82, 2.24) is 15.1 Å². The summed E-state index contributed by atoms with van der Waals surface area (Å²) < 4.78 is 25.9. The lowest BCUT2D eigenvalue weighted by atomic mass is 9.84. The smallest absolute Gasteiger partial charge is 0.326 e. The zero-order chi connectivity index (χ0) is 24.9. The fourth-order valence-corrected chi connectivity index (χ4v) is 4.61. The first-order valence-electron chi connectivity index (χ1n) is 11.5. The quantitative estimate of drug-likeness (QED) is 0.493. The van der Waals surface area contributed by atoms with Crippen LogP contribution in [0.4, 0.5) is 4.39 Å². The maximum atomic E-state index is 13.6. The maximum absolute atomic E-state index is 13.6. The molecule has 2 aromatic carbocycles. The number of carbonyl (C=O) groups is 2. The summed E-state index contributed by atoms with van der Waals surface area (Å²) in [7, 11) is 3.04. The van der Waals surface area contributed by atoms with Crippen LogP contribution in [0.3, 0.4) is 0 Å². The Kier molecular flexibility index (Phi) is 7.33. The number of carboxylic acid groups (broad SMARTS) is 1. The van der Waals surface area contributed by atoms with Crippen molar-refractivity contribution in [1.29, 1.82) is 0 Å². The summed E-state index contributed by atoms with van der Waals surface area (Å²) in [6.45, 7) is 0. The van der Waals surface area contributed by atoms with Crippen molar-refractivity contribution in [2.75, 3.05) is 14.2 Å². The second-order valence-corrected chi connectivity index (χ2v) is 8.53. The van der Waals surface area contributed by atoms with E-state index in [4.69, 9.17) is 9.47 Å². The third kappa shape index (κ3) is 5.13. The summed E-state index contributed by atoms with van der Waals surface area (Å²) in [6.07, 6.45) is 4.44. The Labute approximate surface area is 202 Å². The number of aliphatic carboxylic acids is 1. The van der Waals surface area contributed by atoms with Crippen LogP contribution >= 0.6 is 0 Å². The molecule has 184 valence electrons. The summed E-state index contributed by atoms with van der Waals surface area (Å²) in [5.41, 5.74) is 1.48. The van der Waals surface area contributed by atoms with Crippen LogP contribution in [0.5, 0.6) is 11.5 Å². The molecule has 1 fully saturated rings. The summed E-state index contributed by atoms with van der Waals surface area (Å²) in [4.78, 5) is 25.5. The van der Waals surface area contributed by atoms with Crippen molar-refractivity contribution in [3.05, 3.63) is 60.0 Å². The average Bonchev–Trinajstić information content (AvgIpc) is 3.32. The van der Waals surface area contributed by atoms with Gasteiger partial charge in [-0.3, -0.25) is 4.79 Å². The summed E-state index contributed by atoms with van der Waals surface area (Å²) >= 11 is 0. The Hall–Kier alpha value is -3.88. The normalized spacial score (nSPS) is 14.8. The topological polar surface area (TPSA) is 103 Å². The fourth-order valence-electron chi connectivity index (χ4n) is 4.61. The first kappa shape index (κ1) is 24.3. The van der Waals surface area contributed by atoms with Crippen molar-refractivity contribution in [2.24, 2.45) is 5.92 Å². The Morgan fingerprint density at radius 2 is 1.69 bits per heavy atom. The van der Waals surface area contributed by atoms with E-state index in [0.717, 1.165) is 32.1 Å². The van der Waals surface area contributed by atoms with Crippen LogP contribution in [0.1, 0.15) is 42.6 Å². The zero-order valence-electron chi connectivity index (χ0n) is 19.7. The highest BCUT2D eigenvalue weighted by molar-refractivity contribution is 5.97. The van der Waals surface area contributed by atoms with Crippen molar-refractivity contribution in [2.45, 2.75) is 38.1 Å². The minimum Gasteiger partial charge on any atom is -0.496 e. The van der Waals surface area contributed by atoms with Gasteiger partial charge in [0.2, 0.25) is 0 Å². The Balaban J connectivity index is 1.78. The molecule has 4 rings (SSSR count). The van der Waals surface area contributed by atoms with Crippen LogP contribution < -0.4 is 14.8 Å². The summed E-state index contributed by atoms with van der Waals surface area (Å²) in [5, 5.41) is 17.2. The number of aromatic nitrogens is 2. The number of rotatable bonds is 8. The molecule has 9 heteroatoms. The van der Waals surface area contributed by atoms with Crippen LogP contribution in [0.2, 0.25) is 0 Å². The number of hydrogen-bond acceptors (Lipinski definition) is 5. The van der Waals surface area contributed by atoms with E-state index in [-0.39, 0.29) is 11.6 Å². The van der Waals surface area contributed by atoms with Gasteiger partial charge < -0.3 is 19.9 Å². The molecule has 8 nitrogen and oxygen atoms in total. The molecule has 0 radical (unpaired) electrons. The largest absolute Gasteiger partial charge is 0.496 e. The Morgan fingerprint density at radius 3 is 2.26 bits per heavy atom. The van der Waals surface area contributed by atoms with Crippen LogP contribution in [0, 0.1) is 11.7 Å². The molecule has 0 saturated heterocycles. The van der Waals surface area contributed by atoms with Crippen LogP contribution in [-0.2, 0) is 4.79 Å². The number of methoxy groups -OCH3 is 2. The number of halogens is 1. The molecule has 0 aliphatic heterocycles. The standard InChI is InChI=1S/C26H28FN3O5/c1-34-21-9-6-10-22(35-2)23(21)19-15-20(30(29-19)18-13-11-17(27)12-14-18)25(31)28-24(26(32)33)16-7-4-3-5-8-16/h6,9-16,24H,3-5,7-8H2,1-2H3,(H,28,31)(H,32,33)/t24-/m0/s1. The van der Waals surface area contributed by atoms with Gasteiger partial charge in [-0.15, -0.1) is 0 Å². The Bertz CT molecular complexity index is 1180. The maximum Gasteiger partial charge on any atom is 0.326 e. The number of benzene rings is 2. The lowest BCUT2D eigenvalue weighted by Gasteiger charge is -2.28. The molecule has 0 bridgehead atoms. The van der Waals surface area contributed by atoms with E-state index in [1.165, 1.54) is 43.2 Å². The molecule has 1 amide bonds. The number of carbonyl (C=O) groups excluding carboxylic acids is 1. The molecule has 1 aliphatic rings. The van der Waals surface area contributed by atoms with Crippen LogP contribution in [-0.4, -0.2) is 47.0 Å². The molecule has 1 aliphatic carbocycles. The minimum absolute atomic E-state index is 0.113. The molecule has 0 spiro atoms. The highest BCUT2D eigenvalue weighted by Gasteiger charge is 2.32. The van der Waals surface area contributed by atoms with Crippen molar-refractivity contribution in [3.63, 3.8) is 0 Å². The monoisotopic (exact) mass is 481 g/mol. The van der Waals surface area contributed by atoms with Crippen molar-refractivity contribution in [3.8, 4) is 28.4 Å². The predicted molar refractivity (Wildman–Crippen MR) is 128 cm³/mol. The zero-order valence-corrected chi connectivity index (χ0v) is 19.7. The van der Waals surface area contributed by atoms with Gasteiger partial charge in [0, 0.05) is 0 Å². The number of ether oxygens (including phenoxy) is 2. The molecule has 1 aromatic heterocycles. The third-order valence-corrected chi connectivity index (χ3v) is 6.37. The van der Waals surface area contributed by atoms with E-state index in [2.05, 4.69) is 10.4 Å². The first-order chi connectivity index (χ1) is 16.9. The van der Waals surface area contributed by atoms with Gasteiger partial charge in [0.15, 0.2) is 0 Å². The average molecular weight is 482 g/mol. The van der Waals surface area contributed by atoms with Gasteiger partial charge in [-0.05, 0) is 61.2 Å². The van der Waals surface area contributed by atoms with Crippen molar-refractivity contribution < 1.29 is 28.6 Å². The summed E-state index contributed by atoms with van der Waals surface area (Å²) in [5.74, 6) is -1.23. The summed E-state index contributed by atoms with van der Waals surface area (Å²) in [6, 6.07) is 11.3. The molecule has 3 aromatic rings. The lowest BCUT2D eigenvalue weighted by Crippen LogP contribution is -2.47. The molecule has 2 N–H and O–H groups in total. The van der Waals surface area contributed by atoms with Gasteiger partial charge in [0.25, 0.3) is 5.91 Å². The number of nitrogens with zero attached hydrogens (tertiary/aromatic N) is 2. The number of nitrogens with one attached hydrogen (secondary N) is 1.